The van der Waals surface area contributed by atoms with Crippen LogP contribution in [0.5, 0.6) is 0 Å². The van der Waals surface area contributed by atoms with Gasteiger partial charge in [-0.3, -0.25) is 19.7 Å². The third kappa shape index (κ3) is 3.93. The van der Waals surface area contributed by atoms with Crippen LogP contribution in [0.3, 0.4) is 0 Å². The number of imide groups is 1. The topological polar surface area (TPSA) is 90.5 Å². The summed E-state index contributed by atoms with van der Waals surface area (Å²) in [5, 5.41) is 9.15. The van der Waals surface area contributed by atoms with Crippen molar-refractivity contribution >= 4 is 23.4 Å². The first kappa shape index (κ1) is 20.1. The molecule has 0 spiro atoms. The van der Waals surface area contributed by atoms with Crippen LogP contribution in [0.4, 0.5) is 5.69 Å². The first-order valence-electron chi connectivity index (χ1n) is 10.4. The van der Waals surface area contributed by atoms with Gasteiger partial charge in [-0.05, 0) is 35.7 Å². The van der Waals surface area contributed by atoms with Crippen LogP contribution in [-0.2, 0) is 29.2 Å². The maximum atomic E-state index is 13.2. The normalized spacial score (nSPS) is 18.4. The van der Waals surface area contributed by atoms with Gasteiger partial charge in [-0.2, -0.15) is 0 Å². The molecule has 7 heteroatoms. The van der Waals surface area contributed by atoms with E-state index < -0.39 is 6.04 Å². The molecule has 0 radical (unpaired) electrons. The molecule has 0 aromatic heterocycles. The van der Waals surface area contributed by atoms with Crippen LogP contribution in [0.15, 0.2) is 42.5 Å². The van der Waals surface area contributed by atoms with Crippen molar-refractivity contribution in [3.63, 3.8) is 0 Å². The van der Waals surface area contributed by atoms with Gasteiger partial charge in [-0.25, -0.2) is 0 Å². The summed E-state index contributed by atoms with van der Waals surface area (Å²) in [4.78, 5) is 38.5. The molecule has 3 amide bonds. The van der Waals surface area contributed by atoms with Crippen molar-refractivity contribution in [3.8, 4) is 0 Å². The number of hydrogen-bond acceptors (Lipinski definition) is 5. The Hall–Kier alpha value is -3.19. The number of rotatable bonds is 7. The predicted octanol–water partition coefficient (Wildman–Crippen LogP) is 2.17. The summed E-state index contributed by atoms with van der Waals surface area (Å²) in [5.41, 5.74) is 4.70. The predicted molar refractivity (Wildman–Crippen MR) is 114 cm³/mol. The number of anilines is 1. The molecule has 1 unspecified atom stereocenters. The van der Waals surface area contributed by atoms with Gasteiger partial charge in [-0.15, -0.1) is 0 Å². The molecule has 2 aliphatic rings. The maximum absolute atomic E-state index is 13.2. The van der Waals surface area contributed by atoms with Gasteiger partial charge in [0.05, 0.1) is 0 Å². The van der Waals surface area contributed by atoms with E-state index in [9.17, 15) is 14.4 Å². The van der Waals surface area contributed by atoms with E-state index in [1.54, 1.807) is 4.90 Å². The molecule has 2 aromatic carbocycles. The highest BCUT2D eigenvalue weighted by Crippen LogP contribution is 2.30. The lowest BCUT2D eigenvalue weighted by Crippen LogP contribution is -2.52. The lowest BCUT2D eigenvalue weighted by Gasteiger charge is -2.29. The maximum Gasteiger partial charge on any atom is 0.255 e. The number of fused-ring (bicyclic) bond motifs is 1. The highest BCUT2D eigenvalue weighted by molar-refractivity contribution is 6.06. The Labute approximate surface area is 175 Å². The number of amides is 3. The molecule has 156 valence electrons. The zero-order valence-corrected chi connectivity index (χ0v) is 17.0. The summed E-state index contributed by atoms with van der Waals surface area (Å²) in [7, 11) is 0. The molecule has 4 rings (SSSR count). The Bertz CT molecular complexity index is 988. The van der Waals surface area contributed by atoms with Crippen LogP contribution >= 0.6 is 0 Å². The molecule has 1 atom stereocenters. The van der Waals surface area contributed by atoms with E-state index in [0.29, 0.717) is 25.1 Å². The SMILES string of the molecule is CCNCc1ccccc1NCc1cccc2c1C(=O)N(C1CCC(=O)NC1=O)C2. The van der Waals surface area contributed by atoms with Gasteiger partial charge in [0.1, 0.15) is 6.04 Å². The van der Waals surface area contributed by atoms with Gasteiger partial charge in [0.15, 0.2) is 0 Å². The van der Waals surface area contributed by atoms with E-state index >= 15 is 0 Å². The Morgan fingerprint density at radius 3 is 2.63 bits per heavy atom. The standard InChI is InChI=1S/C23H26N4O3/c1-2-24-12-15-6-3-4-9-18(15)25-13-16-7-5-8-17-14-27(23(30)21(16)17)19-10-11-20(28)26-22(19)29/h3-9,19,24-25H,2,10-14H2,1H3,(H,26,28,29). The third-order valence-corrected chi connectivity index (χ3v) is 5.69. The van der Waals surface area contributed by atoms with Crippen LogP contribution in [0.1, 0.15) is 46.8 Å². The minimum atomic E-state index is -0.593. The average molecular weight is 406 g/mol. The van der Waals surface area contributed by atoms with Gasteiger partial charge in [0.25, 0.3) is 5.91 Å². The molecular formula is C23H26N4O3. The second kappa shape index (κ2) is 8.67. The first-order valence-corrected chi connectivity index (χ1v) is 10.4. The Kier molecular flexibility index (Phi) is 5.81. The minimum absolute atomic E-state index is 0.141. The van der Waals surface area contributed by atoms with Crippen LogP contribution < -0.4 is 16.0 Å². The summed E-state index contributed by atoms with van der Waals surface area (Å²) in [6.45, 7) is 4.65. The summed E-state index contributed by atoms with van der Waals surface area (Å²) in [6.07, 6.45) is 0.628. The van der Waals surface area contributed by atoms with E-state index in [1.165, 1.54) is 5.56 Å². The van der Waals surface area contributed by atoms with Gasteiger partial charge in [-0.1, -0.05) is 43.3 Å². The van der Waals surface area contributed by atoms with E-state index in [2.05, 4.69) is 28.9 Å². The smallest absolute Gasteiger partial charge is 0.255 e. The number of nitrogens with one attached hydrogen (secondary N) is 3. The number of piperidine rings is 1. The Balaban J connectivity index is 1.52. The average Bonchev–Trinajstić information content (AvgIpc) is 3.08. The van der Waals surface area contributed by atoms with Crippen molar-refractivity contribution in [1.82, 2.24) is 15.5 Å². The molecule has 1 fully saturated rings. The van der Waals surface area contributed by atoms with Crippen molar-refractivity contribution in [2.45, 2.75) is 45.4 Å². The molecule has 0 saturated carbocycles. The summed E-state index contributed by atoms with van der Waals surface area (Å²) in [5.74, 6) is -0.802. The highest BCUT2D eigenvalue weighted by atomic mass is 16.2. The molecular weight excluding hydrogens is 380 g/mol. The van der Waals surface area contributed by atoms with Gasteiger partial charge < -0.3 is 15.5 Å². The quantitative estimate of drug-likeness (QED) is 0.613. The molecule has 2 aliphatic heterocycles. The zero-order chi connectivity index (χ0) is 21.1. The number of carbonyl (C=O) groups is 3. The van der Waals surface area contributed by atoms with Crippen molar-refractivity contribution in [1.29, 1.82) is 0 Å². The lowest BCUT2D eigenvalue weighted by atomic mass is 10.0. The van der Waals surface area contributed by atoms with Gasteiger partial charge in [0, 0.05) is 37.3 Å². The van der Waals surface area contributed by atoms with E-state index in [-0.39, 0.29) is 24.1 Å². The molecule has 1 saturated heterocycles. The first-order chi connectivity index (χ1) is 14.6. The lowest BCUT2D eigenvalue weighted by molar-refractivity contribution is -0.136. The van der Waals surface area contributed by atoms with Gasteiger partial charge >= 0.3 is 0 Å². The fraction of sp³-hybridized carbons (Fsp3) is 0.348. The second-order valence-electron chi connectivity index (χ2n) is 7.64. The monoisotopic (exact) mass is 406 g/mol. The zero-order valence-electron chi connectivity index (χ0n) is 17.0. The van der Waals surface area contributed by atoms with Crippen LogP contribution in [0.2, 0.25) is 0 Å². The van der Waals surface area contributed by atoms with Crippen molar-refractivity contribution in [2.75, 3.05) is 11.9 Å². The number of hydrogen-bond donors (Lipinski definition) is 3. The summed E-state index contributed by atoms with van der Waals surface area (Å²) >= 11 is 0. The Morgan fingerprint density at radius 2 is 1.83 bits per heavy atom. The molecule has 7 nitrogen and oxygen atoms in total. The third-order valence-electron chi connectivity index (χ3n) is 5.69. The number of para-hydroxylation sites is 1. The molecule has 30 heavy (non-hydrogen) atoms. The van der Waals surface area contributed by atoms with Crippen LogP contribution in [0.25, 0.3) is 0 Å². The number of carbonyl (C=O) groups excluding carboxylic acids is 3. The molecule has 0 aliphatic carbocycles. The minimum Gasteiger partial charge on any atom is -0.381 e. The van der Waals surface area contributed by atoms with E-state index in [1.807, 2.05) is 36.4 Å². The van der Waals surface area contributed by atoms with Crippen LogP contribution in [0, 0.1) is 0 Å². The molecule has 0 bridgehead atoms. The van der Waals surface area contributed by atoms with Crippen molar-refractivity contribution < 1.29 is 14.4 Å². The molecule has 2 aromatic rings. The second-order valence-corrected chi connectivity index (χ2v) is 7.64. The summed E-state index contributed by atoms with van der Waals surface area (Å²) < 4.78 is 0. The van der Waals surface area contributed by atoms with Crippen molar-refractivity contribution in [3.05, 3.63) is 64.7 Å². The largest absolute Gasteiger partial charge is 0.381 e. The van der Waals surface area contributed by atoms with E-state index in [4.69, 9.17) is 0 Å². The molecule has 3 N–H and O–H groups in total. The fourth-order valence-electron chi connectivity index (χ4n) is 4.13. The number of nitrogens with zero attached hydrogens (tertiary/aromatic N) is 1. The summed E-state index contributed by atoms with van der Waals surface area (Å²) in [6, 6.07) is 13.4. The van der Waals surface area contributed by atoms with Crippen molar-refractivity contribution in [2.24, 2.45) is 0 Å². The fourth-order valence-corrected chi connectivity index (χ4v) is 4.13. The molecule has 2 heterocycles. The van der Waals surface area contributed by atoms with Gasteiger partial charge in [0.2, 0.25) is 11.8 Å². The number of benzene rings is 2. The van der Waals surface area contributed by atoms with Crippen LogP contribution in [-0.4, -0.2) is 35.2 Å². The van der Waals surface area contributed by atoms with E-state index in [0.717, 1.165) is 29.9 Å². The Morgan fingerprint density at radius 1 is 1.03 bits per heavy atom. The highest BCUT2D eigenvalue weighted by Gasteiger charge is 2.39.